The van der Waals surface area contributed by atoms with Gasteiger partial charge in [-0.05, 0) is 59.5 Å². The van der Waals surface area contributed by atoms with E-state index < -0.39 is 10.0 Å². The van der Waals surface area contributed by atoms with E-state index in [-0.39, 0.29) is 16.8 Å². The Morgan fingerprint density at radius 3 is 2.58 bits per heavy atom. The Morgan fingerprint density at radius 1 is 1.13 bits per heavy atom. The minimum absolute atomic E-state index is 0.121. The fourth-order valence-electron chi connectivity index (χ4n) is 4.15. The second-order valence-corrected chi connectivity index (χ2v) is 11.4. The zero-order chi connectivity index (χ0) is 22.2. The first-order valence-corrected chi connectivity index (χ1v) is 13.6. The molecule has 1 aliphatic heterocycles. The quantitative estimate of drug-likeness (QED) is 0.509. The lowest BCUT2D eigenvalue weighted by Crippen LogP contribution is -2.40. The molecule has 8 heteroatoms. The monoisotopic (exact) mass is 474 g/mol. The molecule has 0 fully saturated rings. The summed E-state index contributed by atoms with van der Waals surface area (Å²) in [6.45, 7) is 6.90. The van der Waals surface area contributed by atoms with Crippen LogP contribution in [0.15, 0.2) is 52.1 Å². The van der Waals surface area contributed by atoms with Crippen LogP contribution in [0.3, 0.4) is 0 Å². The van der Waals surface area contributed by atoms with Crippen LogP contribution >= 0.6 is 22.7 Å². The van der Waals surface area contributed by atoms with Crippen LogP contribution in [0.4, 0.5) is 0 Å². The van der Waals surface area contributed by atoms with Crippen molar-refractivity contribution < 1.29 is 13.2 Å². The Hall–Kier alpha value is -2.00. The lowest BCUT2D eigenvalue weighted by molar-refractivity contribution is 0.0697. The molecule has 1 aromatic carbocycles. The van der Waals surface area contributed by atoms with Crippen molar-refractivity contribution in [3.05, 3.63) is 73.6 Å². The van der Waals surface area contributed by atoms with Crippen molar-refractivity contribution in [1.29, 1.82) is 0 Å². The summed E-state index contributed by atoms with van der Waals surface area (Å²) < 4.78 is 27.5. The average Bonchev–Trinajstić information content (AvgIpc) is 3.45. The fraction of sp³-hybridized carbons (Fsp3) is 0.348. The maximum Gasteiger partial charge on any atom is 0.254 e. The molecule has 3 aromatic rings. The Balaban J connectivity index is 1.76. The van der Waals surface area contributed by atoms with Gasteiger partial charge in [0.25, 0.3) is 5.91 Å². The molecule has 1 amide bonds. The summed E-state index contributed by atoms with van der Waals surface area (Å²) in [6, 6.07) is 10.9. The molecule has 0 bridgehead atoms. The van der Waals surface area contributed by atoms with Gasteiger partial charge in [-0.2, -0.15) is 4.31 Å². The first kappa shape index (κ1) is 22.2. The Labute approximate surface area is 192 Å². The number of hydrogen-bond donors (Lipinski definition) is 0. The lowest BCUT2D eigenvalue weighted by Gasteiger charge is -2.36. The molecule has 2 aromatic heterocycles. The van der Waals surface area contributed by atoms with E-state index in [1.165, 1.54) is 14.7 Å². The second-order valence-electron chi connectivity index (χ2n) is 7.53. The largest absolute Gasteiger partial charge is 0.326 e. The number of carbonyl (C=O) groups is 1. The van der Waals surface area contributed by atoms with Gasteiger partial charge < -0.3 is 4.90 Å². The van der Waals surface area contributed by atoms with Gasteiger partial charge in [0.2, 0.25) is 10.0 Å². The molecule has 0 spiro atoms. The van der Waals surface area contributed by atoms with Crippen molar-refractivity contribution in [3.63, 3.8) is 0 Å². The minimum Gasteiger partial charge on any atom is -0.326 e. The van der Waals surface area contributed by atoms with E-state index in [9.17, 15) is 13.2 Å². The van der Waals surface area contributed by atoms with Crippen LogP contribution < -0.4 is 0 Å². The number of aryl methyl sites for hydroxylation is 1. The molecule has 5 nitrogen and oxygen atoms in total. The standard InChI is InChI=1S/C23H26N2O3S3/c1-4-24(5-2)31(27,28)17-9-8-16(3)19(15-17)23(26)25-12-10-20-18(11-14-30-20)22(25)21-7-6-13-29-21/h6-9,11,13-15,22H,4-5,10,12H2,1-3H3. The normalized spacial score (nSPS) is 16.5. The van der Waals surface area contributed by atoms with E-state index in [1.807, 2.05) is 37.1 Å². The molecular formula is C23H26N2O3S3. The summed E-state index contributed by atoms with van der Waals surface area (Å²) in [6.07, 6.45) is 0.817. The molecule has 1 atom stereocenters. The van der Waals surface area contributed by atoms with E-state index in [0.717, 1.165) is 16.9 Å². The van der Waals surface area contributed by atoms with Gasteiger partial charge in [-0.3, -0.25) is 4.79 Å². The molecule has 4 rings (SSSR count). The highest BCUT2D eigenvalue weighted by molar-refractivity contribution is 7.89. The Morgan fingerprint density at radius 2 is 1.90 bits per heavy atom. The van der Waals surface area contributed by atoms with Crippen molar-refractivity contribution in [2.45, 2.75) is 38.1 Å². The molecule has 0 saturated carbocycles. The summed E-state index contributed by atoms with van der Waals surface area (Å²) >= 11 is 3.38. The van der Waals surface area contributed by atoms with Crippen LogP contribution in [0.2, 0.25) is 0 Å². The predicted octanol–water partition coefficient (Wildman–Crippen LogP) is 4.94. The summed E-state index contributed by atoms with van der Waals surface area (Å²) in [7, 11) is -3.63. The molecular weight excluding hydrogens is 448 g/mol. The molecule has 31 heavy (non-hydrogen) atoms. The van der Waals surface area contributed by atoms with Gasteiger partial charge in [-0.1, -0.05) is 26.0 Å². The molecule has 0 radical (unpaired) electrons. The number of amides is 1. The smallest absolute Gasteiger partial charge is 0.254 e. The van der Waals surface area contributed by atoms with Crippen molar-refractivity contribution in [3.8, 4) is 0 Å². The van der Waals surface area contributed by atoms with Crippen LogP contribution in [0.5, 0.6) is 0 Å². The van der Waals surface area contributed by atoms with Gasteiger partial charge in [0.05, 0.1) is 10.9 Å². The second kappa shape index (κ2) is 8.86. The maximum absolute atomic E-state index is 13.8. The van der Waals surface area contributed by atoms with Crippen LogP contribution in [-0.2, 0) is 16.4 Å². The van der Waals surface area contributed by atoms with Gasteiger partial charge in [-0.25, -0.2) is 8.42 Å². The highest BCUT2D eigenvalue weighted by Gasteiger charge is 2.35. The molecule has 1 unspecified atom stereocenters. The highest BCUT2D eigenvalue weighted by atomic mass is 32.2. The number of hydrogen-bond acceptors (Lipinski definition) is 5. The third-order valence-electron chi connectivity index (χ3n) is 5.82. The van der Waals surface area contributed by atoms with Gasteiger partial charge in [0, 0.05) is 35.0 Å². The summed E-state index contributed by atoms with van der Waals surface area (Å²) in [5.41, 5.74) is 2.41. The molecule has 1 aliphatic rings. The van der Waals surface area contributed by atoms with Crippen LogP contribution in [0.25, 0.3) is 0 Å². The van der Waals surface area contributed by atoms with Gasteiger partial charge in [-0.15, -0.1) is 22.7 Å². The predicted molar refractivity (Wildman–Crippen MR) is 127 cm³/mol. The Bertz CT molecular complexity index is 1180. The number of nitrogens with zero attached hydrogens (tertiary/aromatic N) is 2. The van der Waals surface area contributed by atoms with E-state index in [0.29, 0.717) is 25.2 Å². The summed E-state index contributed by atoms with van der Waals surface area (Å²) in [5, 5.41) is 4.11. The molecule has 0 N–H and O–H groups in total. The van der Waals surface area contributed by atoms with Crippen LogP contribution in [0.1, 0.15) is 51.1 Å². The molecule has 3 heterocycles. The third-order valence-corrected chi connectivity index (χ3v) is 9.79. The average molecular weight is 475 g/mol. The number of rotatable bonds is 6. The van der Waals surface area contributed by atoms with Gasteiger partial charge in [0.15, 0.2) is 0 Å². The molecule has 0 saturated heterocycles. The minimum atomic E-state index is -3.63. The number of fused-ring (bicyclic) bond motifs is 1. The summed E-state index contributed by atoms with van der Waals surface area (Å²) in [5.74, 6) is -0.121. The maximum atomic E-state index is 13.8. The first-order chi connectivity index (χ1) is 14.9. The van der Waals surface area contributed by atoms with E-state index in [4.69, 9.17) is 0 Å². The third kappa shape index (κ3) is 3.98. The van der Waals surface area contributed by atoms with Crippen molar-refractivity contribution in [2.75, 3.05) is 19.6 Å². The van der Waals surface area contributed by atoms with Gasteiger partial charge in [0.1, 0.15) is 0 Å². The van der Waals surface area contributed by atoms with E-state index in [1.54, 1.807) is 40.9 Å². The number of carbonyl (C=O) groups excluding carboxylic acids is 1. The lowest BCUT2D eigenvalue weighted by atomic mass is 9.96. The highest BCUT2D eigenvalue weighted by Crippen LogP contribution is 2.40. The fourth-order valence-corrected chi connectivity index (χ4v) is 7.39. The van der Waals surface area contributed by atoms with Crippen molar-refractivity contribution in [2.24, 2.45) is 0 Å². The molecule has 164 valence electrons. The van der Waals surface area contributed by atoms with Crippen molar-refractivity contribution in [1.82, 2.24) is 9.21 Å². The first-order valence-electron chi connectivity index (χ1n) is 10.4. The number of thiophene rings is 2. The molecule has 0 aliphatic carbocycles. The zero-order valence-electron chi connectivity index (χ0n) is 17.9. The van der Waals surface area contributed by atoms with Gasteiger partial charge >= 0.3 is 0 Å². The Kier molecular flexibility index (Phi) is 6.35. The van der Waals surface area contributed by atoms with Crippen molar-refractivity contribution >= 4 is 38.6 Å². The topological polar surface area (TPSA) is 57.7 Å². The zero-order valence-corrected chi connectivity index (χ0v) is 20.3. The van der Waals surface area contributed by atoms with Crippen LogP contribution in [-0.4, -0.2) is 43.2 Å². The number of benzene rings is 1. The van der Waals surface area contributed by atoms with E-state index >= 15 is 0 Å². The van der Waals surface area contributed by atoms with Crippen LogP contribution in [0, 0.1) is 6.92 Å². The summed E-state index contributed by atoms with van der Waals surface area (Å²) in [4.78, 5) is 18.3. The number of sulfonamides is 1. The SMILES string of the molecule is CCN(CC)S(=O)(=O)c1ccc(C)c(C(=O)N2CCc3sccc3C2c2cccs2)c1. The van der Waals surface area contributed by atoms with E-state index in [2.05, 4.69) is 17.5 Å².